The van der Waals surface area contributed by atoms with Crippen molar-refractivity contribution < 1.29 is 9.90 Å². The van der Waals surface area contributed by atoms with Crippen molar-refractivity contribution >= 4 is 33.4 Å². The Kier molecular flexibility index (Phi) is 2.69. The number of hydrogen-bond acceptors (Lipinski definition) is 2. The summed E-state index contributed by atoms with van der Waals surface area (Å²) in [5.41, 5.74) is 0.972. The van der Waals surface area contributed by atoms with Gasteiger partial charge in [-0.15, -0.1) is 4.99 Å². The largest absolute Gasteiger partial charge is 0.463 e. The Morgan fingerprint density at radius 1 is 1.75 bits per heavy atom. The predicted octanol–water partition coefficient (Wildman–Crippen LogP) is 1.74. The van der Waals surface area contributed by atoms with Crippen LogP contribution >= 0.6 is 27.3 Å². The molecule has 66 valence electrons. The number of carboxylic acid groups (broad SMARTS) is 1. The molecule has 0 fully saturated rings. The Hall–Kier alpha value is -0.620. The first-order valence-corrected chi connectivity index (χ1v) is 4.73. The van der Waals surface area contributed by atoms with E-state index in [2.05, 4.69) is 20.9 Å². The average Bonchev–Trinajstić information content (AvgIpc) is 2.17. The fourth-order valence-electron chi connectivity index (χ4n) is 0.677. The van der Waals surface area contributed by atoms with Gasteiger partial charge in [0.2, 0.25) is 0 Å². The SMILES string of the molecule is Cc1c(Br)sc(=NC(=O)O)n1C. The van der Waals surface area contributed by atoms with E-state index in [-0.39, 0.29) is 0 Å². The van der Waals surface area contributed by atoms with Crippen molar-refractivity contribution in [2.75, 3.05) is 0 Å². The summed E-state index contributed by atoms with van der Waals surface area (Å²) in [5, 5.41) is 8.40. The second-order valence-corrected chi connectivity index (χ2v) is 4.49. The molecule has 1 N–H and O–H groups in total. The number of amides is 1. The Labute approximate surface area is 81.3 Å². The van der Waals surface area contributed by atoms with Crippen molar-refractivity contribution in [3.63, 3.8) is 0 Å². The lowest BCUT2D eigenvalue weighted by Crippen LogP contribution is -2.13. The van der Waals surface area contributed by atoms with Crippen molar-refractivity contribution in [3.05, 3.63) is 14.3 Å². The van der Waals surface area contributed by atoms with E-state index < -0.39 is 6.09 Å². The maximum absolute atomic E-state index is 10.3. The van der Waals surface area contributed by atoms with Gasteiger partial charge in [0.15, 0.2) is 4.80 Å². The summed E-state index contributed by atoms with van der Waals surface area (Å²) >= 11 is 4.60. The lowest BCUT2D eigenvalue weighted by Gasteiger charge is -1.92. The van der Waals surface area contributed by atoms with Crippen LogP contribution in [0.4, 0.5) is 4.79 Å². The van der Waals surface area contributed by atoms with Crippen molar-refractivity contribution in [2.45, 2.75) is 6.92 Å². The topological polar surface area (TPSA) is 54.6 Å². The molecule has 1 aromatic heterocycles. The molecule has 0 atom stereocenters. The first kappa shape index (κ1) is 9.47. The van der Waals surface area contributed by atoms with E-state index >= 15 is 0 Å². The van der Waals surface area contributed by atoms with Gasteiger partial charge in [0.25, 0.3) is 0 Å². The van der Waals surface area contributed by atoms with Crippen molar-refractivity contribution in [1.29, 1.82) is 0 Å². The van der Waals surface area contributed by atoms with Crippen LogP contribution in [0.2, 0.25) is 0 Å². The molecule has 0 aliphatic rings. The molecule has 1 amide bonds. The van der Waals surface area contributed by atoms with Crippen LogP contribution < -0.4 is 4.80 Å². The van der Waals surface area contributed by atoms with Gasteiger partial charge in [0, 0.05) is 12.7 Å². The van der Waals surface area contributed by atoms with Gasteiger partial charge in [0.05, 0.1) is 3.79 Å². The van der Waals surface area contributed by atoms with E-state index in [0.717, 1.165) is 9.48 Å². The molecule has 0 bridgehead atoms. The van der Waals surface area contributed by atoms with Crippen LogP contribution in [0.3, 0.4) is 0 Å². The highest BCUT2D eigenvalue weighted by molar-refractivity contribution is 9.11. The third-order valence-electron chi connectivity index (χ3n) is 1.45. The smallest absolute Gasteiger partial charge is 0.433 e. The van der Waals surface area contributed by atoms with E-state index in [1.807, 2.05) is 6.92 Å². The minimum atomic E-state index is -1.17. The summed E-state index contributed by atoms with van der Waals surface area (Å²) in [4.78, 5) is 14.1. The minimum Gasteiger partial charge on any atom is -0.463 e. The fourth-order valence-corrected chi connectivity index (χ4v) is 2.22. The molecule has 0 saturated heterocycles. The van der Waals surface area contributed by atoms with Crippen molar-refractivity contribution in [3.8, 4) is 0 Å². The standard InChI is InChI=1S/C6H7BrN2O2S/c1-3-4(7)12-5(9(3)2)8-6(10)11/h1-2H3,(H,10,11). The van der Waals surface area contributed by atoms with Gasteiger partial charge in [0.1, 0.15) is 0 Å². The molecule has 0 aliphatic carbocycles. The lowest BCUT2D eigenvalue weighted by molar-refractivity contribution is 0.204. The highest BCUT2D eigenvalue weighted by Crippen LogP contribution is 2.17. The number of hydrogen-bond donors (Lipinski definition) is 1. The summed E-state index contributed by atoms with van der Waals surface area (Å²) in [5.74, 6) is 0. The first-order chi connectivity index (χ1) is 5.52. The number of rotatable bonds is 0. The molecule has 0 radical (unpaired) electrons. The number of carbonyl (C=O) groups is 1. The van der Waals surface area contributed by atoms with Crippen LogP contribution in [-0.4, -0.2) is 15.8 Å². The Morgan fingerprint density at radius 2 is 2.33 bits per heavy atom. The van der Waals surface area contributed by atoms with Crippen molar-refractivity contribution in [1.82, 2.24) is 4.57 Å². The van der Waals surface area contributed by atoms with Crippen LogP contribution in [-0.2, 0) is 7.05 Å². The molecule has 6 heteroatoms. The maximum atomic E-state index is 10.3. The Morgan fingerprint density at radius 3 is 2.67 bits per heavy atom. The van der Waals surface area contributed by atoms with Gasteiger partial charge in [-0.1, -0.05) is 11.3 Å². The van der Waals surface area contributed by atoms with E-state index in [1.54, 1.807) is 11.6 Å². The summed E-state index contributed by atoms with van der Waals surface area (Å²) < 4.78 is 2.63. The Bertz CT molecular complexity index is 379. The van der Waals surface area contributed by atoms with Gasteiger partial charge >= 0.3 is 6.09 Å². The van der Waals surface area contributed by atoms with Gasteiger partial charge in [-0.25, -0.2) is 4.79 Å². The van der Waals surface area contributed by atoms with Gasteiger partial charge in [-0.05, 0) is 22.9 Å². The molecule has 0 unspecified atom stereocenters. The molecule has 0 saturated carbocycles. The zero-order chi connectivity index (χ0) is 9.30. The molecule has 0 spiro atoms. The number of halogens is 1. The molecular weight excluding hydrogens is 244 g/mol. The molecule has 1 heterocycles. The second kappa shape index (κ2) is 3.40. The zero-order valence-corrected chi connectivity index (χ0v) is 8.94. The molecular formula is C6H7BrN2O2S. The highest BCUT2D eigenvalue weighted by Gasteiger charge is 2.03. The number of aromatic nitrogens is 1. The summed E-state index contributed by atoms with van der Waals surface area (Å²) in [7, 11) is 1.78. The van der Waals surface area contributed by atoms with E-state index in [9.17, 15) is 4.79 Å². The normalized spacial score (nSPS) is 12.1. The van der Waals surface area contributed by atoms with E-state index in [4.69, 9.17) is 5.11 Å². The van der Waals surface area contributed by atoms with E-state index in [1.165, 1.54) is 11.3 Å². The summed E-state index contributed by atoms with van der Waals surface area (Å²) in [6, 6.07) is 0. The second-order valence-electron chi connectivity index (χ2n) is 2.20. The van der Waals surface area contributed by atoms with Gasteiger partial charge in [-0.2, -0.15) is 0 Å². The third-order valence-corrected chi connectivity index (χ3v) is 3.53. The monoisotopic (exact) mass is 250 g/mol. The van der Waals surface area contributed by atoms with Crippen LogP contribution in [0.25, 0.3) is 0 Å². The van der Waals surface area contributed by atoms with Gasteiger partial charge in [-0.3, -0.25) is 0 Å². The predicted molar refractivity (Wildman–Crippen MR) is 49.3 cm³/mol. The van der Waals surface area contributed by atoms with Crippen LogP contribution in [0.1, 0.15) is 5.69 Å². The number of thiazole rings is 1. The number of nitrogens with zero attached hydrogens (tertiary/aromatic N) is 2. The Balaban J connectivity index is 3.36. The van der Waals surface area contributed by atoms with Gasteiger partial charge < -0.3 is 9.67 Å². The first-order valence-electron chi connectivity index (χ1n) is 3.12. The molecule has 12 heavy (non-hydrogen) atoms. The quantitative estimate of drug-likeness (QED) is 0.763. The maximum Gasteiger partial charge on any atom is 0.433 e. The zero-order valence-electron chi connectivity index (χ0n) is 6.54. The highest BCUT2D eigenvalue weighted by atomic mass is 79.9. The molecule has 4 nitrogen and oxygen atoms in total. The molecule has 1 rings (SSSR count). The van der Waals surface area contributed by atoms with E-state index in [0.29, 0.717) is 4.80 Å². The molecule has 0 aliphatic heterocycles. The molecule has 0 aromatic carbocycles. The van der Waals surface area contributed by atoms with Crippen molar-refractivity contribution in [2.24, 2.45) is 12.0 Å². The lowest BCUT2D eigenvalue weighted by atomic mass is 10.6. The van der Waals surface area contributed by atoms with Crippen LogP contribution in [0.15, 0.2) is 8.78 Å². The summed E-state index contributed by atoms with van der Waals surface area (Å²) in [6.07, 6.45) is -1.17. The van der Waals surface area contributed by atoms with Crippen LogP contribution in [0.5, 0.6) is 0 Å². The average molecular weight is 251 g/mol. The fraction of sp³-hybridized carbons (Fsp3) is 0.333. The van der Waals surface area contributed by atoms with Crippen LogP contribution in [0, 0.1) is 6.92 Å². The summed E-state index contributed by atoms with van der Waals surface area (Å²) in [6.45, 7) is 1.89. The third kappa shape index (κ3) is 1.75. The molecule has 1 aromatic rings. The minimum absolute atomic E-state index is 0.479.